The highest BCUT2D eigenvalue weighted by Gasteiger charge is 2.24. The van der Waals surface area contributed by atoms with Gasteiger partial charge < -0.3 is 20.1 Å². The lowest BCUT2D eigenvalue weighted by molar-refractivity contribution is 0.176. The maximum absolute atomic E-state index is 12.0. The maximum atomic E-state index is 12.0. The zero-order chi connectivity index (χ0) is 13.8. The van der Waals surface area contributed by atoms with Crippen molar-refractivity contribution in [2.75, 3.05) is 25.0 Å². The smallest absolute Gasteiger partial charge is 0.322 e. The number of benzene rings is 1. The molecule has 2 rings (SSSR count). The van der Waals surface area contributed by atoms with Crippen molar-refractivity contribution in [3.8, 4) is 5.75 Å². The van der Waals surface area contributed by atoms with Crippen LogP contribution >= 0.6 is 0 Å². The fourth-order valence-corrected chi connectivity index (χ4v) is 2.13. The first-order valence-electron chi connectivity index (χ1n) is 6.57. The van der Waals surface area contributed by atoms with Crippen LogP contribution in [0.15, 0.2) is 18.2 Å². The van der Waals surface area contributed by atoms with Crippen molar-refractivity contribution < 1.29 is 14.6 Å². The zero-order valence-corrected chi connectivity index (χ0v) is 11.3. The van der Waals surface area contributed by atoms with E-state index in [0.29, 0.717) is 37.6 Å². The lowest BCUT2D eigenvalue weighted by Crippen LogP contribution is -2.33. The quantitative estimate of drug-likeness (QED) is 0.877. The molecule has 1 atom stereocenters. The monoisotopic (exact) mass is 264 g/mol. The number of carbonyl (C=O) groups is 1. The van der Waals surface area contributed by atoms with E-state index in [0.717, 1.165) is 5.56 Å². The summed E-state index contributed by atoms with van der Waals surface area (Å²) in [6.07, 6.45) is 0.231. The van der Waals surface area contributed by atoms with Crippen LogP contribution in [0.1, 0.15) is 18.9 Å². The summed E-state index contributed by atoms with van der Waals surface area (Å²) in [4.78, 5) is 13.7. The van der Waals surface area contributed by atoms with Crippen LogP contribution in [0.25, 0.3) is 0 Å². The average Bonchev–Trinajstić information content (AvgIpc) is 2.80. The molecule has 0 spiro atoms. The second-order valence-corrected chi connectivity index (χ2v) is 4.75. The van der Waals surface area contributed by atoms with Crippen molar-refractivity contribution >= 4 is 11.7 Å². The van der Waals surface area contributed by atoms with Crippen LogP contribution in [0.5, 0.6) is 5.75 Å². The number of hydrogen-bond donors (Lipinski definition) is 2. The van der Waals surface area contributed by atoms with Gasteiger partial charge in [0.2, 0.25) is 0 Å². The summed E-state index contributed by atoms with van der Waals surface area (Å²) in [7, 11) is 0. The minimum absolute atomic E-state index is 0.193. The molecule has 1 aliphatic rings. The number of anilines is 1. The molecule has 0 aliphatic carbocycles. The van der Waals surface area contributed by atoms with Crippen molar-refractivity contribution in [1.29, 1.82) is 0 Å². The van der Waals surface area contributed by atoms with Crippen LogP contribution in [0.4, 0.5) is 10.5 Å². The van der Waals surface area contributed by atoms with E-state index in [2.05, 4.69) is 5.32 Å². The molecule has 0 saturated carbocycles. The van der Waals surface area contributed by atoms with Crippen molar-refractivity contribution in [3.05, 3.63) is 23.8 Å². The van der Waals surface area contributed by atoms with E-state index in [1.165, 1.54) is 0 Å². The van der Waals surface area contributed by atoms with Gasteiger partial charge in [0, 0.05) is 13.1 Å². The Morgan fingerprint density at radius 1 is 1.58 bits per heavy atom. The zero-order valence-electron chi connectivity index (χ0n) is 11.3. The number of carbonyl (C=O) groups excluding carboxylic acids is 1. The van der Waals surface area contributed by atoms with Gasteiger partial charge in [0.1, 0.15) is 5.75 Å². The molecule has 1 heterocycles. The number of nitrogens with one attached hydrogen (secondary N) is 1. The van der Waals surface area contributed by atoms with Crippen LogP contribution < -0.4 is 10.1 Å². The van der Waals surface area contributed by atoms with Gasteiger partial charge in [0.15, 0.2) is 0 Å². The van der Waals surface area contributed by atoms with E-state index in [-0.39, 0.29) is 6.03 Å². The molecular weight excluding hydrogens is 244 g/mol. The molecule has 5 nitrogen and oxygen atoms in total. The van der Waals surface area contributed by atoms with Crippen LogP contribution in [-0.2, 0) is 0 Å². The molecule has 1 fully saturated rings. The second-order valence-electron chi connectivity index (χ2n) is 4.75. The molecule has 0 aromatic heterocycles. The third kappa shape index (κ3) is 3.38. The van der Waals surface area contributed by atoms with Gasteiger partial charge in [0.25, 0.3) is 0 Å². The molecule has 1 aromatic carbocycles. The lowest BCUT2D eigenvalue weighted by Gasteiger charge is -2.18. The van der Waals surface area contributed by atoms with Gasteiger partial charge in [0.05, 0.1) is 18.4 Å². The number of hydrogen-bond acceptors (Lipinski definition) is 3. The Labute approximate surface area is 113 Å². The normalized spacial score (nSPS) is 18.5. The summed E-state index contributed by atoms with van der Waals surface area (Å²) in [6.45, 7) is 5.41. The summed E-state index contributed by atoms with van der Waals surface area (Å²) in [5.41, 5.74) is 1.75. The highest BCUT2D eigenvalue weighted by molar-refractivity contribution is 5.91. The Bertz CT molecular complexity index is 462. The predicted molar refractivity (Wildman–Crippen MR) is 73.6 cm³/mol. The number of urea groups is 1. The summed E-state index contributed by atoms with van der Waals surface area (Å²) in [6, 6.07) is 5.47. The van der Waals surface area contributed by atoms with Gasteiger partial charge in [-0.25, -0.2) is 4.79 Å². The van der Waals surface area contributed by atoms with Gasteiger partial charge >= 0.3 is 6.03 Å². The SMILES string of the molecule is CCOc1cc(C)ccc1NC(=O)N1CC[C@@H](O)C1. The number of ether oxygens (including phenoxy) is 1. The molecule has 0 unspecified atom stereocenters. The summed E-state index contributed by atoms with van der Waals surface area (Å²) in [5, 5.41) is 12.3. The Morgan fingerprint density at radius 2 is 2.37 bits per heavy atom. The van der Waals surface area contributed by atoms with Crippen molar-refractivity contribution in [1.82, 2.24) is 4.90 Å². The van der Waals surface area contributed by atoms with E-state index < -0.39 is 6.10 Å². The first-order valence-corrected chi connectivity index (χ1v) is 6.57. The summed E-state index contributed by atoms with van der Waals surface area (Å²) < 4.78 is 5.52. The highest BCUT2D eigenvalue weighted by atomic mass is 16.5. The Morgan fingerprint density at radius 3 is 3.00 bits per heavy atom. The number of nitrogens with zero attached hydrogens (tertiary/aromatic N) is 1. The minimum atomic E-state index is -0.407. The second kappa shape index (κ2) is 5.93. The van der Waals surface area contributed by atoms with Crippen LogP contribution in [0, 0.1) is 6.92 Å². The van der Waals surface area contributed by atoms with Crippen LogP contribution in [-0.4, -0.2) is 41.8 Å². The number of amides is 2. The molecular formula is C14H20N2O3. The fraction of sp³-hybridized carbons (Fsp3) is 0.500. The van der Waals surface area contributed by atoms with Crippen molar-refractivity contribution in [2.45, 2.75) is 26.4 Å². The number of aliphatic hydroxyl groups is 1. The first-order chi connectivity index (χ1) is 9.10. The van der Waals surface area contributed by atoms with Gasteiger partial charge in [-0.3, -0.25) is 0 Å². The Kier molecular flexibility index (Phi) is 4.27. The van der Waals surface area contributed by atoms with E-state index >= 15 is 0 Å². The fourth-order valence-electron chi connectivity index (χ4n) is 2.13. The lowest BCUT2D eigenvalue weighted by atomic mass is 10.2. The standard InChI is InChI=1S/C14H20N2O3/c1-3-19-13-8-10(2)4-5-12(13)15-14(18)16-7-6-11(17)9-16/h4-5,8,11,17H,3,6-7,9H2,1-2H3,(H,15,18)/t11-/m1/s1. The maximum Gasteiger partial charge on any atom is 0.322 e. The number of aliphatic hydroxyl groups excluding tert-OH is 1. The Balaban J connectivity index is 2.07. The first kappa shape index (κ1) is 13.7. The number of aryl methyl sites for hydroxylation is 1. The van der Waals surface area contributed by atoms with Gasteiger partial charge in [-0.1, -0.05) is 6.07 Å². The summed E-state index contributed by atoms with van der Waals surface area (Å²) in [5.74, 6) is 0.676. The van der Waals surface area contributed by atoms with Crippen molar-refractivity contribution in [3.63, 3.8) is 0 Å². The summed E-state index contributed by atoms with van der Waals surface area (Å²) >= 11 is 0. The van der Waals surface area contributed by atoms with Gasteiger partial charge in [-0.2, -0.15) is 0 Å². The van der Waals surface area contributed by atoms with E-state index in [1.807, 2.05) is 32.0 Å². The van der Waals surface area contributed by atoms with Crippen molar-refractivity contribution in [2.24, 2.45) is 0 Å². The highest BCUT2D eigenvalue weighted by Crippen LogP contribution is 2.26. The average molecular weight is 264 g/mol. The Hall–Kier alpha value is -1.75. The van der Waals surface area contributed by atoms with E-state index in [1.54, 1.807) is 4.90 Å². The topological polar surface area (TPSA) is 61.8 Å². The molecule has 5 heteroatoms. The minimum Gasteiger partial charge on any atom is -0.492 e. The molecule has 0 bridgehead atoms. The van der Waals surface area contributed by atoms with Crippen LogP contribution in [0.3, 0.4) is 0 Å². The molecule has 2 N–H and O–H groups in total. The number of rotatable bonds is 3. The molecule has 1 aromatic rings. The predicted octanol–water partition coefficient (Wildman–Crippen LogP) is 1.99. The van der Waals surface area contributed by atoms with E-state index in [9.17, 15) is 9.90 Å². The number of β-amino-alcohol motifs (C(OH)–C–C–N with tert-alkyl or cyclic N) is 1. The van der Waals surface area contributed by atoms with Gasteiger partial charge in [-0.15, -0.1) is 0 Å². The van der Waals surface area contributed by atoms with Gasteiger partial charge in [-0.05, 0) is 38.0 Å². The molecule has 1 saturated heterocycles. The largest absolute Gasteiger partial charge is 0.492 e. The third-order valence-corrected chi connectivity index (χ3v) is 3.13. The van der Waals surface area contributed by atoms with Crippen LogP contribution in [0.2, 0.25) is 0 Å². The van der Waals surface area contributed by atoms with E-state index in [4.69, 9.17) is 4.74 Å². The molecule has 104 valence electrons. The molecule has 2 amide bonds. The third-order valence-electron chi connectivity index (χ3n) is 3.13. The molecule has 0 radical (unpaired) electrons. The molecule has 1 aliphatic heterocycles. The number of likely N-dealkylation sites (tertiary alicyclic amines) is 1. The molecule has 19 heavy (non-hydrogen) atoms.